The van der Waals surface area contributed by atoms with Crippen molar-refractivity contribution in [2.75, 3.05) is 26.1 Å². The molecular weight excluding hydrogens is 300 g/mol. The summed E-state index contributed by atoms with van der Waals surface area (Å²) in [4.78, 5) is 22.5. The average molecular weight is 316 g/mol. The number of nitro groups is 1. The van der Waals surface area contributed by atoms with Crippen molar-refractivity contribution in [3.8, 4) is 11.5 Å². The number of methoxy groups -OCH3 is 2. The Morgan fingerprint density at radius 3 is 2.52 bits per heavy atom. The van der Waals surface area contributed by atoms with Gasteiger partial charge in [-0.3, -0.25) is 14.9 Å². The number of non-ortho nitro benzene ring substituents is 1. The van der Waals surface area contributed by atoms with E-state index in [1.807, 2.05) is 0 Å². The van der Waals surface area contributed by atoms with Gasteiger partial charge >= 0.3 is 0 Å². The summed E-state index contributed by atoms with van der Waals surface area (Å²) < 4.78 is 10.3. The first-order valence-corrected chi connectivity index (χ1v) is 6.78. The van der Waals surface area contributed by atoms with Crippen molar-refractivity contribution in [3.63, 3.8) is 0 Å². The second-order valence-corrected chi connectivity index (χ2v) is 4.65. The van der Waals surface area contributed by atoms with Crippen molar-refractivity contribution >= 4 is 17.2 Å². The minimum Gasteiger partial charge on any atom is -0.493 e. The number of carbonyl (C=O) groups is 1. The van der Waals surface area contributed by atoms with E-state index in [1.165, 1.54) is 26.4 Å². The first-order valence-electron chi connectivity index (χ1n) is 6.78. The maximum atomic E-state index is 12.2. The Morgan fingerprint density at radius 2 is 1.87 bits per heavy atom. The number of Topliss-reactive ketones (excluding diaryl/α,β-unsaturated/α-hetero) is 1. The van der Waals surface area contributed by atoms with E-state index in [0.717, 1.165) is 0 Å². The van der Waals surface area contributed by atoms with Crippen molar-refractivity contribution in [3.05, 3.63) is 58.1 Å². The van der Waals surface area contributed by atoms with Crippen LogP contribution in [-0.4, -0.2) is 31.5 Å². The summed E-state index contributed by atoms with van der Waals surface area (Å²) in [6.07, 6.45) is 0. The minimum atomic E-state index is -0.485. The SMILES string of the molecule is COc1ccc(C(=O)CNc2cccc([N+](=O)[O-])c2)cc1OC. The molecule has 0 bridgehead atoms. The van der Waals surface area contributed by atoms with Gasteiger partial charge in [-0.15, -0.1) is 0 Å². The van der Waals surface area contributed by atoms with E-state index in [-0.39, 0.29) is 18.0 Å². The molecule has 0 aliphatic heterocycles. The van der Waals surface area contributed by atoms with E-state index in [4.69, 9.17) is 9.47 Å². The van der Waals surface area contributed by atoms with E-state index in [2.05, 4.69) is 5.32 Å². The number of hydrogen-bond donors (Lipinski definition) is 1. The lowest BCUT2D eigenvalue weighted by atomic mass is 10.1. The number of nitro benzene ring substituents is 1. The van der Waals surface area contributed by atoms with Crippen molar-refractivity contribution in [2.24, 2.45) is 0 Å². The number of anilines is 1. The zero-order valence-electron chi connectivity index (χ0n) is 12.7. The molecule has 2 aromatic carbocycles. The van der Waals surface area contributed by atoms with Crippen LogP contribution >= 0.6 is 0 Å². The van der Waals surface area contributed by atoms with Crippen molar-refractivity contribution in [2.45, 2.75) is 0 Å². The van der Waals surface area contributed by atoms with Gasteiger partial charge in [0.2, 0.25) is 0 Å². The molecule has 0 radical (unpaired) electrons. The van der Waals surface area contributed by atoms with Crippen LogP contribution in [0.25, 0.3) is 0 Å². The van der Waals surface area contributed by atoms with Crippen LogP contribution in [0.5, 0.6) is 11.5 Å². The number of benzene rings is 2. The average Bonchev–Trinajstić information content (AvgIpc) is 2.59. The normalized spacial score (nSPS) is 10.0. The van der Waals surface area contributed by atoms with E-state index in [9.17, 15) is 14.9 Å². The smallest absolute Gasteiger partial charge is 0.271 e. The number of ketones is 1. The number of ether oxygens (including phenoxy) is 2. The Morgan fingerprint density at radius 1 is 1.13 bits per heavy atom. The molecule has 0 heterocycles. The molecule has 0 saturated heterocycles. The van der Waals surface area contributed by atoms with Crippen molar-refractivity contribution in [1.82, 2.24) is 0 Å². The molecule has 2 aromatic rings. The highest BCUT2D eigenvalue weighted by atomic mass is 16.6. The molecule has 0 aliphatic carbocycles. The number of rotatable bonds is 7. The molecule has 120 valence electrons. The molecule has 0 saturated carbocycles. The number of nitrogens with one attached hydrogen (secondary N) is 1. The van der Waals surface area contributed by atoms with Gasteiger partial charge in [0.15, 0.2) is 17.3 Å². The first-order chi connectivity index (χ1) is 11.0. The summed E-state index contributed by atoms with van der Waals surface area (Å²) in [6.45, 7) is 0.0106. The maximum absolute atomic E-state index is 12.2. The molecule has 0 aromatic heterocycles. The zero-order valence-corrected chi connectivity index (χ0v) is 12.7. The van der Waals surface area contributed by atoms with Crippen LogP contribution in [0.15, 0.2) is 42.5 Å². The molecule has 0 atom stereocenters. The minimum absolute atomic E-state index is 0.0106. The predicted octanol–water partition coefficient (Wildman–Crippen LogP) is 2.91. The summed E-state index contributed by atoms with van der Waals surface area (Å²) in [7, 11) is 3.01. The Balaban J connectivity index is 2.08. The van der Waals surface area contributed by atoms with Gasteiger partial charge in [0, 0.05) is 23.4 Å². The molecule has 0 spiro atoms. The molecule has 0 amide bonds. The second-order valence-electron chi connectivity index (χ2n) is 4.65. The number of carbonyl (C=O) groups excluding carboxylic acids is 1. The third-order valence-electron chi connectivity index (χ3n) is 3.22. The van der Waals surface area contributed by atoms with Crippen LogP contribution in [0, 0.1) is 10.1 Å². The highest BCUT2D eigenvalue weighted by Gasteiger charge is 2.11. The van der Waals surface area contributed by atoms with E-state index >= 15 is 0 Å². The molecular formula is C16H16N2O5. The van der Waals surface area contributed by atoms with E-state index in [0.29, 0.717) is 22.7 Å². The van der Waals surface area contributed by atoms with Gasteiger partial charge in [-0.25, -0.2) is 0 Å². The molecule has 7 heteroatoms. The molecule has 0 aliphatic rings. The summed E-state index contributed by atoms with van der Waals surface area (Å²) in [6, 6.07) is 10.9. The summed E-state index contributed by atoms with van der Waals surface area (Å²) >= 11 is 0. The largest absolute Gasteiger partial charge is 0.493 e. The van der Waals surface area contributed by atoms with Gasteiger partial charge in [-0.05, 0) is 24.3 Å². The number of hydrogen-bond acceptors (Lipinski definition) is 6. The fraction of sp³-hybridized carbons (Fsp3) is 0.188. The maximum Gasteiger partial charge on any atom is 0.271 e. The predicted molar refractivity (Wildman–Crippen MR) is 85.5 cm³/mol. The molecule has 7 nitrogen and oxygen atoms in total. The third-order valence-corrected chi connectivity index (χ3v) is 3.22. The lowest BCUT2D eigenvalue weighted by Crippen LogP contribution is -2.14. The Kier molecular flexibility index (Phi) is 5.14. The van der Waals surface area contributed by atoms with Gasteiger partial charge in [0.1, 0.15) is 0 Å². The fourth-order valence-electron chi connectivity index (χ4n) is 2.02. The second kappa shape index (κ2) is 7.26. The zero-order chi connectivity index (χ0) is 16.8. The molecule has 0 unspecified atom stereocenters. The lowest BCUT2D eigenvalue weighted by molar-refractivity contribution is -0.384. The van der Waals surface area contributed by atoms with Gasteiger partial charge in [-0.1, -0.05) is 6.07 Å². The molecule has 2 rings (SSSR count). The van der Waals surface area contributed by atoms with Gasteiger partial charge in [0.25, 0.3) is 5.69 Å². The Hall–Kier alpha value is -3.09. The highest BCUT2D eigenvalue weighted by molar-refractivity contribution is 5.99. The van der Waals surface area contributed by atoms with Crippen molar-refractivity contribution in [1.29, 1.82) is 0 Å². The van der Waals surface area contributed by atoms with Crippen LogP contribution in [0.2, 0.25) is 0 Å². The van der Waals surface area contributed by atoms with E-state index in [1.54, 1.807) is 30.3 Å². The van der Waals surface area contributed by atoms with Gasteiger partial charge in [-0.2, -0.15) is 0 Å². The van der Waals surface area contributed by atoms with Crippen LogP contribution < -0.4 is 14.8 Å². The van der Waals surface area contributed by atoms with Crippen LogP contribution in [0.3, 0.4) is 0 Å². The quantitative estimate of drug-likeness (QED) is 0.480. The Labute approximate surface area is 133 Å². The lowest BCUT2D eigenvalue weighted by Gasteiger charge is -2.10. The standard InChI is InChI=1S/C16H16N2O5/c1-22-15-7-6-11(8-16(15)23-2)14(19)10-17-12-4-3-5-13(9-12)18(20)21/h3-9,17H,10H2,1-2H3. The fourth-order valence-corrected chi connectivity index (χ4v) is 2.02. The van der Waals surface area contributed by atoms with Gasteiger partial charge < -0.3 is 14.8 Å². The monoisotopic (exact) mass is 316 g/mol. The summed E-state index contributed by atoms with van der Waals surface area (Å²) in [5, 5.41) is 13.6. The van der Waals surface area contributed by atoms with E-state index < -0.39 is 4.92 Å². The molecule has 0 fully saturated rings. The Bertz CT molecular complexity index is 730. The molecule has 1 N–H and O–H groups in total. The summed E-state index contributed by atoms with van der Waals surface area (Å²) in [5.74, 6) is 0.835. The van der Waals surface area contributed by atoms with Crippen LogP contribution in [0.1, 0.15) is 10.4 Å². The van der Waals surface area contributed by atoms with Crippen molar-refractivity contribution < 1.29 is 19.2 Å². The van der Waals surface area contributed by atoms with Gasteiger partial charge in [0.05, 0.1) is 25.7 Å². The highest BCUT2D eigenvalue weighted by Crippen LogP contribution is 2.27. The van der Waals surface area contributed by atoms with Crippen LogP contribution in [0.4, 0.5) is 11.4 Å². The third kappa shape index (κ3) is 3.97. The van der Waals surface area contributed by atoms with Crippen LogP contribution in [-0.2, 0) is 0 Å². The topological polar surface area (TPSA) is 90.7 Å². The summed E-state index contributed by atoms with van der Waals surface area (Å²) in [5.41, 5.74) is 0.933. The molecule has 23 heavy (non-hydrogen) atoms. The number of nitrogens with zero attached hydrogens (tertiary/aromatic N) is 1. The first kappa shape index (κ1) is 16.3.